The maximum Gasteiger partial charge on any atom is 0.107 e. The molecule has 1 heterocycles. The summed E-state index contributed by atoms with van der Waals surface area (Å²) in [6.07, 6.45) is 2.39. The Bertz CT molecular complexity index is 430. The molecule has 0 aliphatic heterocycles. The lowest BCUT2D eigenvalue weighted by molar-refractivity contribution is 0.232. The molecule has 0 atom stereocenters. The topological polar surface area (TPSA) is 24.9 Å². The van der Waals surface area contributed by atoms with Crippen molar-refractivity contribution >= 4 is 11.3 Å². The van der Waals surface area contributed by atoms with Crippen LogP contribution < -0.4 is 5.32 Å². The number of hydrogen-bond acceptors (Lipinski definition) is 3. The molecule has 102 valence electrons. The van der Waals surface area contributed by atoms with Crippen LogP contribution in [0.2, 0.25) is 0 Å². The zero-order chi connectivity index (χ0) is 13.6. The molecule has 1 aliphatic rings. The van der Waals surface area contributed by atoms with Crippen LogP contribution in [0.25, 0.3) is 0 Å². The number of thiazole rings is 1. The van der Waals surface area contributed by atoms with Crippen LogP contribution in [0.4, 0.5) is 0 Å². The van der Waals surface area contributed by atoms with Crippen molar-refractivity contribution < 1.29 is 0 Å². The summed E-state index contributed by atoms with van der Waals surface area (Å²) in [7, 11) is 0. The average Bonchev–Trinajstić information content (AvgIpc) is 2.55. The smallest absolute Gasteiger partial charge is 0.107 e. The molecule has 1 N–H and O–H groups in total. The largest absolute Gasteiger partial charge is 0.308 e. The number of nitrogens with one attached hydrogen (secondary N) is 1. The quantitative estimate of drug-likeness (QED) is 0.897. The van der Waals surface area contributed by atoms with E-state index in [4.69, 9.17) is 4.98 Å². The summed E-state index contributed by atoms with van der Waals surface area (Å²) in [6, 6.07) is 0.523. The van der Waals surface area contributed by atoms with Gasteiger partial charge in [0.05, 0.1) is 5.69 Å². The Labute approximate surface area is 115 Å². The molecule has 1 aromatic rings. The van der Waals surface area contributed by atoms with Gasteiger partial charge in [0.1, 0.15) is 5.01 Å². The summed E-state index contributed by atoms with van der Waals surface area (Å²) in [5.41, 5.74) is 2.01. The zero-order valence-corrected chi connectivity index (χ0v) is 13.4. The van der Waals surface area contributed by atoms with Crippen molar-refractivity contribution in [2.75, 3.05) is 0 Å². The Kier molecular flexibility index (Phi) is 3.58. The number of fused-ring (bicyclic) bond motifs is 1. The molecule has 0 unspecified atom stereocenters. The van der Waals surface area contributed by atoms with Crippen LogP contribution in [0.5, 0.6) is 0 Å². The normalized spacial score (nSPS) is 21.1. The van der Waals surface area contributed by atoms with E-state index >= 15 is 0 Å². The van der Waals surface area contributed by atoms with Crippen molar-refractivity contribution in [3.8, 4) is 0 Å². The highest BCUT2D eigenvalue weighted by Gasteiger charge is 2.39. The standard InChI is InChI=1S/C15H26N2S/c1-10(2)16-8-12-17-11-7-14(3,4)9-15(5,6)13(11)18-12/h10,16H,7-9H2,1-6H3. The van der Waals surface area contributed by atoms with Crippen LogP contribution in [-0.4, -0.2) is 11.0 Å². The van der Waals surface area contributed by atoms with E-state index in [1.54, 1.807) is 0 Å². The Hall–Kier alpha value is -0.410. The summed E-state index contributed by atoms with van der Waals surface area (Å²) >= 11 is 1.91. The minimum Gasteiger partial charge on any atom is -0.308 e. The van der Waals surface area contributed by atoms with Gasteiger partial charge in [-0.3, -0.25) is 0 Å². The Morgan fingerprint density at radius 3 is 2.56 bits per heavy atom. The van der Waals surface area contributed by atoms with E-state index in [9.17, 15) is 0 Å². The summed E-state index contributed by atoms with van der Waals surface area (Å²) in [5, 5.41) is 4.72. The van der Waals surface area contributed by atoms with Crippen LogP contribution in [-0.2, 0) is 18.4 Å². The second-order valence-corrected chi connectivity index (χ2v) is 8.40. The van der Waals surface area contributed by atoms with Crippen LogP contribution in [0.3, 0.4) is 0 Å². The van der Waals surface area contributed by atoms with Gasteiger partial charge in [-0.05, 0) is 18.3 Å². The van der Waals surface area contributed by atoms with Crippen molar-refractivity contribution in [3.05, 3.63) is 15.6 Å². The van der Waals surface area contributed by atoms with Gasteiger partial charge in [-0.1, -0.05) is 41.5 Å². The zero-order valence-electron chi connectivity index (χ0n) is 12.6. The second-order valence-electron chi connectivity index (χ2n) is 7.32. The van der Waals surface area contributed by atoms with E-state index in [1.165, 1.54) is 22.0 Å². The minimum atomic E-state index is 0.283. The minimum absolute atomic E-state index is 0.283. The van der Waals surface area contributed by atoms with E-state index in [-0.39, 0.29) is 5.41 Å². The van der Waals surface area contributed by atoms with Gasteiger partial charge in [-0.2, -0.15) is 0 Å². The maximum absolute atomic E-state index is 4.87. The first kappa shape index (κ1) is 14.0. The first-order valence-electron chi connectivity index (χ1n) is 6.92. The molecule has 0 radical (unpaired) electrons. The van der Waals surface area contributed by atoms with Gasteiger partial charge in [0, 0.05) is 22.9 Å². The lowest BCUT2D eigenvalue weighted by Crippen LogP contribution is -2.33. The Morgan fingerprint density at radius 2 is 1.94 bits per heavy atom. The molecule has 0 spiro atoms. The molecule has 1 aliphatic carbocycles. The molecule has 0 saturated carbocycles. The van der Waals surface area contributed by atoms with Crippen LogP contribution in [0.15, 0.2) is 0 Å². The van der Waals surface area contributed by atoms with E-state index < -0.39 is 0 Å². The van der Waals surface area contributed by atoms with E-state index in [0.717, 1.165) is 13.0 Å². The molecule has 0 amide bonds. The molecule has 1 aromatic heterocycles. The third kappa shape index (κ3) is 2.94. The summed E-state index contributed by atoms with van der Waals surface area (Å²) in [6.45, 7) is 14.7. The summed E-state index contributed by atoms with van der Waals surface area (Å²) in [5.74, 6) is 0. The number of aromatic nitrogens is 1. The Morgan fingerprint density at radius 1 is 1.28 bits per heavy atom. The van der Waals surface area contributed by atoms with Gasteiger partial charge >= 0.3 is 0 Å². The third-order valence-corrected chi connectivity index (χ3v) is 5.05. The highest BCUT2D eigenvalue weighted by molar-refractivity contribution is 7.11. The van der Waals surface area contributed by atoms with Crippen molar-refractivity contribution in [2.24, 2.45) is 5.41 Å². The maximum atomic E-state index is 4.87. The molecule has 0 aromatic carbocycles. The fourth-order valence-corrected chi connectivity index (χ4v) is 4.34. The molecule has 2 nitrogen and oxygen atoms in total. The highest BCUT2D eigenvalue weighted by Crippen LogP contribution is 2.47. The molecule has 2 rings (SSSR count). The molecule has 3 heteroatoms. The molecular formula is C15H26N2S. The molecule has 0 bridgehead atoms. The Balaban J connectivity index is 2.25. The van der Waals surface area contributed by atoms with Crippen LogP contribution in [0.1, 0.15) is 63.5 Å². The summed E-state index contributed by atoms with van der Waals surface area (Å²) < 4.78 is 0. The predicted octanol–water partition coefficient (Wildman–Crippen LogP) is 3.89. The van der Waals surface area contributed by atoms with Crippen molar-refractivity contribution in [1.29, 1.82) is 0 Å². The molecule has 18 heavy (non-hydrogen) atoms. The molecule has 0 saturated heterocycles. The van der Waals surface area contributed by atoms with Gasteiger partial charge in [0.2, 0.25) is 0 Å². The van der Waals surface area contributed by atoms with Crippen LogP contribution >= 0.6 is 11.3 Å². The van der Waals surface area contributed by atoms with Crippen LogP contribution in [0, 0.1) is 5.41 Å². The van der Waals surface area contributed by atoms with Gasteiger partial charge in [0.25, 0.3) is 0 Å². The average molecular weight is 266 g/mol. The second kappa shape index (κ2) is 4.61. The number of nitrogens with zero attached hydrogens (tertiary/aromatic N) is 1. The molecule has 0 fully saturated rings. The van der Waals surface area contributed by atoms with Gasteiger partial charge in [0.15, 0.2) is 0 Å². The van der Waals surface area contributed by atoms with Gasteiger partial charge in [-0.25, -0.2) is 4.98 Å². The first-order valence-corrected chi connectivity index (χ1v) is 7.74. The van der Waals surface area contributed by atoms with Crippen molar-refractivity contribution in [1.82, 2.24) is 10.3 Å². The number of hydrogen-bond donors (Lipinski definition) is 1. The fourth-order valence-electron chi connectivity index (χ4n) is 3.21. The van der Waals surface area contributed by atoms with E-state index in [0.29, 0.717) is 11.5 Å². The lowest BCUT2D eigenvalue weighted by atomic mass is 9.67. The lowest BCUT2D eigenvalue weighted by Gasteiger charge is -2.39. The third-order valence-electron chi connectivity index (χ3n) is 3.58. The van der Waals surface area contributed by atoms with E-state index in [1.807, 2.05) is 11.3 Å². The first-order chi connectivity index (χ1) is 8.20. The summed E-state index contributed by atoms with van der Waals surface area (Å²) in [4.78, 5) is 6.39. The van der Waals surface area contributed by atoms with Gasteiger partial charge < -0.3 is 5.32 Å². The van der Waals surface area contributed by atoms with Crippen molar-refractivity contribution in [3.63, 3.8) is 0 Å². The molecular weight excluding hydrogens is 240 g/mol. The SMILES string of the molecule is CC(C)NCc1nc2c(s1)C(C)(C)CC(C)(C)C2. The predicted molar refractivity (Wildman–Crippen MR) is 79.2 cm³/mol. The van der Waals surface area contributed by atoms with E-state index in [2.05, 4.69) is 46.9 Å². The van der Waals surface area contributed by atoms with Gasteiger partial charge in [-0.15, -0.1) is 11.3 Å². The number of rotatable bonds is 3. The fraction of sp³-hybridized carbons (Fsp3) is 0.800. The van der Waals surface area contributed by atoms with Crippen molar-refractivity contribution in [2.45, 2.75) is 72.4 Å². The monoisotopic (exact) mass is 266 g/mol. The highest BCUT2D eigenvalue weighted by atomic mass is 32.1.